The molecule has 6 atom stereocenters. The smallest absolute Gasteiger partial charge is 0.338 e. The molecule has 4 rings (SSSR count). The number of carbonyl (C=O) groups is 1. The number of aliphatic hydroxyl groups is 1. The van der Waals surface area contributed by atoms with E-state index in [-0.39, 0.29) is 22.8 Å². The Morgan fingerprint density at radius 3 is 2.13 bits per heavy atom. The lowest BCUT2D eigenvalue weighted by atomic mass is 9.71. The van der Waals surface area contributed by atoms with E-state index in [1.165, 1.54) is 0 Å². The highest BCUT2D eigenvalue weighted by Crippen LogP contribution is 2.71. The van der Waals surface area contributed by atoms with Gasteiger partial charge in [0.25, 0.3) is 11.4 Å². The molecule has 0 heterocycles. The van der Waals surface area contributed by atoms with Crippen LogP contribution in [-0.2, 0) is 4.74 Å². The highest BCUT2D eigenvalue weighted by Gasteiger charge is 2.69. The maximum absolute atomic E-state index is 13.0. The van der Waals surface area contributed by atoms with Crippen molar-refractivity contribution in [3.8, 4) is 0 Å². The molecule has 0 unspecified atom stereocenters. The minimum Gasteiger partial charge on any atom is -0.458 e. The molecular weight excluding hydrogens is 404 g/mol. The summed E-state index contributed by atoms with van der Waals surface area (Å²) in [7, 11) is 0. The second kappa shape index (κ2) is 6.72. The zero-order valence-electron chi connectivity index (χ0n) is 18.2. The van der Waals surface area contributed by atoms with Crippen LogP contribution >= 0.6 is 0 Å². The van der Waals surface area contributed by atoms with Gasteiger partial charge in [-0.2, -0.15) is 0 Å². The van der Waals surface area contributed by atoms with Gasteiger partial charge in [0.05, 0.1) is 27.1 Å². The Labute approximate surface area is 180 Å². The maximum atomic E-state index is 13.0. The summed E-state index contributed by atoms with van der Waals surface area (Å²) >= 11 is 0. The van der Waals surface area contributed by atoms with Crippen LogP contribution in [0.1, 0.15) is 63.7 Å². The minimum absolute atomic E-state index is 0.0292. The van der Waals surface area contributed by atoms with Gasteiger partial charge in [0.15, 0.2) is 0 Å². The van der Waals surface area contributed by atoms with E-state index in [1.807, 2.05) is 20.8 Å². The third-order valence-corrected chi connectivity index (χ3v) is 8.12. The molecule has 3 aliphatic carbocycles. The van der Waals surface area contributed by atoms with Gasteiger partial charge in [-0.15, -0.1) is 0 Å². The summed E-state index contributed by atoms with van der Waals surface area (Å²) in [6.07, 6.45) is 2.86. The van der Waals surface area contributed by atoms with Gasteiger partial charge in [-0.05, 0) is 49.9 Å². The van der Waals surface area contributed by atoms with Crippen molar-refractivity contribution in [2.24, 2.45) is 28.6 Å². The fraction of sp³-hybridized carbons (Fsp3) is 0.682. The van der Waals surface area contributed by atoms with Crippen LogP contribution in [-0.4, -0.2) is 32.6 Å². The number of non-ortho nitro benzene ring substituents is 2. The van der Waals surface area contributed by atoms with Crippen molar-refractivity contribution in [1.29, 1.82) is 0 Å². The fourth-order valence-electron chi connectivity index (χ4n) is 6.29. The second-order valence-corrected chi connectivity index (χ2v) is 10.7. The summed E-state index contributed by atoms with van der Waals surface area (Å²) in [6, 6.07) is 2.86. The van der Waals surface area contributed by atoms with Crippen LogP contribution in [0.3, 0.4) is 0 Å². The van der Waals surface area contributed by atoms with Crippen molar-refractivity contribution < 1.29 is 24.5 Å². The molecule has 0 amide bonds. The third kappa shape index (κ3) is 3.48. The Balaban J connectivity index is 1.65. The number of carbonyl (C=O) groups excluding carboxylic acids is 1. The predicted molar refractivity (Wildman–Crippen MR) is 110 cm³/mol. The van der Waals surface area contributed by atoms with Crippen LogP contribution in [0, 0.1) is 48.8 Å². The van der Waals surface area contributed by atoms with Crippen molar-refractivity contribution in [3.05, 3.63) is 44.0 Å². The summed E-state index contributed by atoms with van der Waals surface area (Å²) in [6.45, 7) is 8.13. The number of nitro benzene ring substituents is 2. The first-order valence-corrected chi connectivity index (χ1v) is 10.6. The van der Waals surface area contributed by atoms with Crippen LogP contribution < -0.4 is 0 Å². The molecule has 0 radical (unpaired) electrons. The molecule has 0 spiro atoms. The molecule has 1 aromatic rings. The van der Waals surface area contributed by atoms with E-state index in [4.69, 9.17) is 4.74 Å². The van der Waals surface area contributed by atoms with Gasteiger partial charge in [-0.25, -0.2) is 4.79 Å². The molecule has 0 aliphatic heterocycles. The van der Waals surface area contributed by atoms with Crippen molar-refractivity contribution in [2.75, 3.05) is 0 Å². The lowest BCUT2D eigenvalue weighted by Crippen LogP contribution is -2.40. The van der Waals surface area contributed by atoms with Gasteiger partial charge >= 0.3 is 5.97 Å². The number of rotatable bonds is 4. The number of ether oxygens (including phenoxy) is 1. The molecule has 1 N–H and O–H groups in total. The van der Waals surface area contributed by atoms with E-state index in [0.717, 1.165) is 37.5 Å². The molecule has 9 heteroatoms. The molecule has 168 valence electrons. The molecule has 3 saturated carbocycles. The normalized spacial score (nSPS) is 37.8. The third-order valence-electron chi connectivity index (χ3n) is 8.12. The summed E-state index contributed by atoms with van der Waals surface area (Å²) < 4.78 is 5.93. The Morgan fingerprint density at radius 2 is 1.58 bits per heavy atom. The standard InChI is InChI=1S/C22H28N2O7/c1-20(2)10-16-15(5-6-22(16,4)26)21(3)11-17(21)18(20)31-19(25)12-7-13(23(27)28)9-14(8-12)24(29)30/h7-9,15-18,26H,5-6,10-11H2,1-4H3/t15-,16+,17-,18-,21+,22-/m1/s1. The van der Waals surface area contributed by atoms with Gasteiger partial charge in [-0.3, -0.25) is 20.2 Å². The number of hydrogen-bond acceptors (Lipinski definition) is 7. The largest absolute Gasteiger partial charge is 0.458 e. The summed E-state index contributed by atoms with van der Waals surface area (Å²) in [4.78, 5) is 33.8. The predicted octanol–water partition coefficient (Wildman–Crippen LogP) is 4.26. The SMILES string of the molecule is CC1(C)C[C@H]2[C@@H](CC[C@@]2(C)O)[C@]2(C)C[C@@H]2[C@H]1OC(=O)c1cc([N+](=O)[O-])cc([N+](=O)[O-])c1. The average Bonchev–Trinajstić information content (AvgIpc) is 3.26. The van der Waals surface area contributed by atoms with E-state index < -0.39 is 44.3 Å². The second-order valence-electron chi connectivity index (χ2n) is 10.7. The highest BCUT2D eigenvalue weighted by molar-refractivity contribution is 5.91. The number of esters is 1. The first kappa shape index (κ1) is 21.7. The van der Waals surface area contributed by atoms with Crippen LogP contribution in [0.15, 0.2) is 18.2 Å². The van der Waals surface area contributed by atoms with Crippen LogP contribution in [0.25, 0.3) is 0 Å². The first-order chi connectivity index (χ1) is 14.3. The van der Waals surface area contributed by atoms with Crippen LogP contribution in [0.5, 0.6) is 0 Å². The molecule has 3 aliphatic rings. The Kier molecular flexibility index (Phi) is 4.70. The molecule has 0 saturated heterocycles. The Bertz CT molecular complexity index is 940. The Morgan fingerprint density at radius 1 is 1.00 bits per heavy atom. The lowest BCUT2D eigenvalue weighted by Gasteiger charge is -2.38. The molecular formula is C22H28N2O7. The average molecular weight is 432 g/mol. The quantitative estimate of drug-likeness (QED) is 0.427. The molecule has 1 aromatic carbocycles. The van der Waals surface area contributed by atoms with Crippen molar-refractivity contribution in [3.63, 3.8) is 0 Å². The monoisotopic (exact) mass is 432 g/mol. The Hall–Kier alpha value is -2.55. The van der Waals surface area contributed by atoms with Gasteiger partial charge < -0.3 is 9.84 Å². The molecule has 3 fully saturated rings. The zero-order chi connectivity index (χ0) is 22.9. The lowest BCUT2D eigenvalue weighted by molar-refractivity contribution is -0.394. The molecule has 9 nitrogen and oxygen atoms in total. The first-order valence-electron chi connectivity index (χ1n) is 10.6. The van der Waals surface area contributed by atoms with E-state index in [0.29, 0.717) is 12.3 Å². The van der Waals surface area contributed by atoms with Gasteiger partial charge in [0, 0.05) is 23.5 Å². The number of fused-ring (bicyclic) bond motifs is 3. The number of nitrogens with zero attached hydrogens (tertiary/aromatic N) is 2. The van der Waals surface area contributed by atoms with Crippen LogP contribution in [0.2, 0.25) is 0 Å². The van der Waals surface area contributed by atoms with Gasteiger partial charge in [0.1, 0.15) is 6.10 Å². The zero-order valence-corrected chi connectivity index (χ0v) is 18.2. The maximum Gasteiger partial charge on any atom is 0.338 e. The minimum atomic E-state index is -0.794. The molecule has 0 bridgehead atoms. The number of nitro groups is 2. The fourth-order valence-corrected chi connectivity index (χ4v) is 6.29. The van der Waals surface area contributed by atoms with Gasteiger partial charge in [0.2, 0.25) is 0 Å². The highest BCUT2D eigenvalue weighted by atomic mass is 16.6. The molecule has 31 heavy (non-hydrogen) atoms. The summed E-state index contributed by atoms with van der Waals surface area (Å²) in [5.41, 5.74) is -2.45. The van der Waals surface area contributed by atoms with Crippen molar-refractivity contribution in [1.82, 2.24) is 0 Å². The van der Waals surface area contributed by atoms with E-state index in [2.05, 4.69) is 6.92 Å². The molecule has 0 aromatic heterocycles. The summed E-state index contributed by atoms with van der Waals surface area (Å²) in [5.74, 6) is -0.198. The van der Waals surface area contributed by atoms with E-state index in [1.54, 1.807) is 0 Å². The van der Waals surface area contributed by atoms with Crippen molar-refractivity contribution in [2.45, 2.75) is 65.1 Å². The number of hydrogen-bond donors (Lipinski definition) is 1. The topological polar surface area (TPSA) is 133 Å². The van der Waals surface area contributed by atoms with Gasteiger partial charge in [-0.1, -0.05) is 20.8 Å². The summed E-state index contributed by atoms with van der Waals surface area (Å²) in [5, 5.41) is 33.3. The van der Waals surface area contributed by atoms with Crippen LogP contribution in [0.4, 0.5) is 11.4 Å². The number of benzene rings is 1. The van der Waals surface area contributed by atoms with E-state index >= 15 is 0 Å². The van der Waals surface area contributed by atoms with E-state index in [9.17, 15) is 30.1 Å². The van der Waals surface area contributed by atoms with Crippen molar-refractivity contribution >= 4 is 17.3 Å².